The molecule has 2 unspecified atom stereocenters. The van der Waals surface area contributed by atoms with Gasteiger partial charge in [0, 0.05) is 52.1 Å². The van der Waals surface area contributed by atoms with Crippen LogP contribution in [0.5, 0.6) is 0 Å². The van der Waals surface area contributed by atoms with E-state index in [0.717, 1.165) is 32.4 Å². The summed E-state index contributed by atoms with van der Waals surface area (Å²) in [5.74, 6) is -0.671. The van der Waals surface area contributed by atoms with Crippen LogP contribution >= 0.6 is 22.6 Å². The lowest BCUT2D eigenvalue weighted by Crippen LogP contribution is -2.49. The molecule has 58 heavy (non-hydrogen) atoms. The average molecular weight is 946 g/mol. The number of nitrogens with two attached hydrogens (primary N) is 1. The minimum Gasteiger partial charge on any atom is -0.465 e. The van der Waals surface area contributed by atoms with Gasteiger partial charge in [-0.15, -0.1) is 0 Å². The molecule has 2 aliphatic heterocycles. The monoisotopic (exact) mass is 945 g/mol. The molecule has 0 aliphatic carbocycles. The first-order valence-electron chi connectivity index (χ1n) is 18.8. The van der Waals surface area contributed by atoms with Gasteiger partial charge in [0.15, 0.2) is 12.5 Å². The van der Waals surface area contributed by atoms with Crippen molar-refractivity contribution in [3.63, 3.8) is 0 Å². The highest BCUT2D eigenvalue weighted by molar-refractivity contribution is 14.1. The van der Waals surface area contributed by atoms with Gasteiger partial charge in [0.1, 0.15) is 48.8 Å². The number of carbonyl (C=O) groups is 3. The molecule has 4 rings (SSSR count). The molecule has 24 heteroatoms. The fourth-order valence-corrected chi connectivity index (χ4v) is 5.06. The Hall–Kier alpha value is -4.18. The van der Waals surface area contributed by atoms with E-state index in [4.69, 9.17) is 26.1 Å². The van der Waals surface area contributed by atoms with Gasteiger partial charge in [-0.2, -0.15) is 0 Å². The van der Waals surface area contributed by atoms with Crippen LogP contribution in [0.1, 0.15) is 61.8 Å². The van der Waals surface area contributed by atoms with Crippen LogP contribution in [0, 0.1) is 0 Å². The lowest BCUT2D eigenvalue weighted by atomic mass is 10.1. The zero-order valence-electron chi connectivity index (χ0n) is 34.2. The van der Waals surface area contributed by atoms with Crippen LogP contribution in [0.4, 0.5) is 9.59 Å². The largest absolute Gasteiger partial charge is 0.465 e. The number of nitrogens with one attached hydrogen (secondary N) is 4. The molecule has 2 aromatic heterocycles. The standard InChI is InChI=1S/C21H33N5O10.C9H13N3O5.C3H8.CH3I/c1-5-34-14(28)11-25(9-7-22-20(33)36-21(2,3)4)18(31)23-10-12-15(29)16(30)17(35-12)26-8-6-13(27)24-19(26)32;10-3-4-6(14)7(15)8(17-4)12-2-1-5(13)11-9(12)16;1-3-2;1-2/h6,8,12,15-17,29-30H,5,7,9-11H2,1-4H3,(H,22,33)(H,23,31)(H,24,27,32);1-2,4,6-8,14-15H,3,10H2,(H,11,13,16);3H2,1-2H3;1H3/t12-,15+,16?,17-;4-,6+,7?,8-;;/m11../s1/i;;;1D. The molecule has 23 nitrogen and oxygen atoms in total. The number of hydrogen-bond donors (Lipinski definition) is 9. The lowest BCUT2D eigenvalue weighted by Gasteiger charge is -2.24. The minimum atomic E-state index is -1.52. The quantitative estimate of drug-likeness (QED) is 0.0658. The van der Waals surface area contributed by atoms with Crippen LogP contribution in [0.2, 0.25) is 0 Å². The molecule has 0 spiro atoms. The van der Waals surface area contributed by atoms with E-state index in [1.54, 1.807) is 27.7 Å². The Morgan fingerprint density at radius 3 is 1.78 bits per heavy atom. The number of aromatic nitrogens is 4. The smallest absolute Gasteiger partial charge is 0.407 e. The van der Waals surface area contributed by atoms with Crippen LogP contribution in [0.25, 0.3) is 0 Å². The number of nitrogens with zero attached hydrogens (tertiary/aromatic N) is 3. The third-order valence-electron chi connectivity index (χ3n) is 7.57. The molecule has 8 atom stereocenters. The van der Waals surface area contributed by atoms with Gasteiger partial charge < -0.3 is 60.6 Å². The Labute approximate surface area is 348 Å². The number of carbonyl (C=O) groups excluding carboxylic acids is 3. The summed E-state index contributed by atoms with van der Waals surface area (Å²) < 4.78 is 28.9. The number of urea groups is 1. The van der Waals surface area contributed by atoms with Crippen molar-refractivity contribution < 1.29 is 55.1 Å². The van der Waals surface area contributed by atoms with E-state index in [-0.39, 0.29) is 32.8 Å². The molecule has 0 bridgehead atoms. The number of alkyl carbamates (subject to hydrolysis) is 1. The fraction of sp³-hybridized carbons (Fsp3) is 0.676. The van der Waals surface area contributed by atoms with Crippen molar-refractivity contribution in [1.82, 2.24) is 34.6 Å². The minimum absolute atomic E-state index is 0.0207. The summed E-state index contributed by atoms with van der Waals surface area (Å²) in [6.45, 7) is 10.3. The number of amides is 3. The second kappa shape index (κ2) is 25.3. The molecule has 0 saturated carbocycles. The molecule has 2 aliphatic rings. The van der Waals surface area contributed by atoms with Crippen molar-refractivity contribution in [2.24, 2.45) is 5.73 Å². The van der Waals surface area contributed by atoms with Crippen LogP contribution in [-0.2, 0) is 23.7 Å². The van der Waals surface area contributed by atoms with Crippen molar-refractivity contribution in [3.8, 4) is 0 Å². The number of halogens is 1. The van der Waals surface area contributed by atoms with E-state index in [1.165, 1.54) is 12.6 Å². The van der Waals surface area contributed by atoms with Crippen molar-refractivity contribution in [2.45, 2.75) is 103 Å². The molecule has 330 valence electrons. The van der Waals surface area contributed by atoms with E-state index in [1.807, 2.05) is 32.6 Å². The second-order valence-corrected chi connectivity index (χ2v) is 13.4. The second-order valence-electron chi connectivity index (χ2n) is 13.4. The van der Waals surface area contributed by atoms with Gasteiger partial charge >= 0.3 is 29.5 Å². The SMILES string of the molecule is CCC.CCOC(=O)CN(CCNC(=O)OC(C)(C)C)C(=O)NC[C@H]1O[C@@H](n2ccc(=O)[nH]c2=O)C(O)[C@H]1O.NC[C@H]1O[C@@H](n2ccc(=O)[nH]c2=O)C(O)[C@H]1O.[2H]CI. The summed E-state index contributed by atoms with van der Waals surface area (Å²) in [5, 5.41) is 44.9. The average Bonchev–Trinajstić information content (AvgIpc) is 3.59. The van der Waals surface area contributed by atoms with Gasteiger partial charge in [-0.05, 0) is 32.6 Å². The predicted octanol–water partition coefficient (Wildman–Crippen LogP) is -2.16. The maximum atomic E-state index is 12.7. The van der Waals surface area contributed by atoms with E-state index >= 15 is 0 Å². The number of alkyl halides is 1. The summed E-state index contributed by atoms with van der Waals surface area (Å²) in [7, 11) is 0. The summed E-state index contributed by atoms with van der Waals surface area (Å²) in [6, 6.07) is 1.45. The molecule has 10 N–H and O–H groups in total. The molecule has 0 aromatic carbocycles. The maximum Gasteiger partial charge on any atom is 0.407 e. The maximum absolute atomic E-state index is 12.7. The number of ether oxygens (including phenoxy) is 4. The first-order valence-corrected chi connectivity index (χ1v) is 19.6. The topological polar surface area (TPSA) is 332 Å². The van der Waals surface area contributed by atoms with Crippen LogP contribution in [0.3, 0.4) is 0 Å². The molecule has 0 radical (unpaired) electrons. The van der Waals surface area contributed by atoms with Gasteiger partial charge in [0.25, 0.3) is 11.1 Å². The number of aromatic amines is 2. The molecule has 4 heterocycles. The molecular formula is C34H57IN8O15. The summed E-state index contributed by atoms with van der Waals surface area (Å²) in [6.07, 6.45) is -6.78. The Bertz CT molecular complexity index is 1840. The Balaban J connectivity index is 0.000000622. The Morgan fingerprint density at radius 1 is 0.897 bits per heavy atom. The Morgan fingerprint density at radius 2 is 1.36 bits per heavy atom. The van der Waals surface area contributed by atoms with Gasteiger partial charge in [0.05, 0.1) is 6.61 Å². The van der Waals surface area contributed by atoms with Crippen LogP contribution in [0.15, 0.2) is 43.7 Å². The lowest BCUT2D eigenvalue weighted by molar-refractivity contribution is -0.143. The third kappa shape index (κ3) is 16.2. The molecule has 3 amide bonds. The summed E-state index contributed by atoms with van der Waals surface area (Å²) >= 11 is 1.96. The van der Waals surface area contributed by atoms with Crippen molar-refractivity contribution in [3.05, 3.63) is 66.2 Å². The zero-order valence-corrected chi connectivity index (χ0v) is 35.3. The molecule has 2 saturated heterocycles. The molecule has 2 fully saturated rings. The fourth-order valence-electron chi connectivity index (χ4n) is 5.06. The number of rotatable bonds is 11. The number of hydrogen-bond acceptors (Lipinski definition) is 16. The highest BCUT2D eigenvalue weighted by atomic mass is 127. The van der Waals surface area contributed by atoms with E-state index in [0.29, 0.717) is 4.91 Å². The Kier molecular flexibility index (Phi) is 21.8. The van der Waals surface area contributed by atoms with Gasteiger partial charge in [-0.25, -0.2) is 19.2 Å². The first kappa shape index (κ1) is 50.0. The highest BCUT2D eigenvalue weighted by Crippen LogP contribution is 2.28. The van der Waals surface area contributed by atoms with Gasteiger partial charge in [-0.1, -0.05) is 42.9 Å². The third-order valence-corrected chi connectivity index (χ3v) is 7.57. The number of H-pyrrole nitrogens is 2. The zero-order chi connectivity index (χ0) is 45.0. The predicted molar refractivity (Wildman–Crippen MR) is 215 cm³/mol. The summed E-state index contributed by atoms with van der Waals surface area (Å²) in [4.78, 5) is 87.7. The normalized spacial score (nSPS) is 23.6. The van der Waals surface area contributed by atoms with Crippen molar-refractivity contribution in [2.75, 3.05) is 44.2 Å². The number of aliphatic hydroxyl groups is 4. The van der Waals surface area contributed by atoms with E-state index in [2.05, 4.69) is 24.5 Å². The van der Waals surface area contributed by atoms with Gasteiger partial charge in [0.2, 0.25) is 0 Å². The molecular weight excluding hydrogens is 887 g/mol. The number of aliphatic hydroxyl groups excluding tert-OH is 4. The number of esters is 1. The van der Waals surface area contributed by atoms with E-state index in [9.17, 15) is 54.0 Å². The first-order chi connectivity index (χ1) is 27.7. The summed E-state index contributed by atoms with van der Waals surface area (Å²) in [5.41, 5.74) is 1.88. The van der Waals surface area contributed by atoms with Crippen LogP contribution in [-0.4, -0.2) is 149 Å². The van der Waals surface area contributed by atoms with E-state index < -0.39 is 102 Å². The van der Waals surface area contributed by atoms with Crippen molar-refractivity contribution >= 4 is 40.7 Å². The van der Waals surface area contributed by atoms with Gasteiger partial charge in [-0.3, -0.25) is 33.5 Å². The molecule has 2 aromatic rings. The highest BCUT2D eigenvalue weighted by Gasteiger charge is 2.45. The van der Waals surface area contributed by atoms with Crippen molar-refractivity contribution in [1.29, 1.82) is 0 Å². The van der Waals surface area contributed by atoms with Crippen LogP contribution < -0.4 is 38.9 Å².